The lowest BCUT2D eigenvalue weighted by Gasteiger charge is -2.27. The molecule has 15 heavy (non-hydrogen) atoms. The summed E-state index contributed by atoms with van der Waals surface area (Å²) in [5.74, 6) is 0.424. The highest BCUT2D eigenvalue weighted by atomic mass is 16.2. The van der Waals surface area contributed by atoms with Crippen molar-refractivity contribution in [2.45, 2.75) is 57.0 Å². The standard InChI is InChI=1S/C12H22N2O/c1-14(12(15)10-8-11(10)13)9-6-4-2-3-5-7-9/h9-11H,2-8,13H2,1H3. The van der Waals surface area contributed by atoms with E-state index in [2.05, 4.69) is 0 Å². The van der Waals surface area contributed by atoms with E-state index >= 15 is 0 Å². The summed E-state index contributed by atoms with van der Waals surface area (Å²) in [4.78, 5) is 13.9. The van der Waals surface area contributed by atoms with Crippen molar-refractivity contribution in [1.82, 2.24) is 4.90 Å². The molecule has 0 heterocycles. The molecule has 2 rings (SSSR count). The van der Waals surface area contributed by atoms with Crippen molar-refractivity contribution in [2.24, 2.45) is 11.7 Å². The molecule has 1 amide bonds. The lowest BCUT2D eigenvalue weighted by Crippen LogP contribution is -2.38. The van der Waals surface area contributed by atoms with Gasteiger partial charge in [-0.3, -0.25) is 4.79 Å². The molecule has 2 aliphatic rings. The zero-order valence-electron chi connectivity index (χ0n) is 9.61. The van der Waals surface area contributed by atoms with Crippen LogP contribution < -0.4 is 5.73 Å². The number of hydrogen-bond acceptors (Lipinski definition) is 2. The van der Waals surface area contributed by atoms with Crippen molar-refractivity contribution in [2.75, 3.05) is 7.05 Å². The van der Waals surface area contributed by atoms with E-state index in [4.69, 9.17) is 5.73 Å². The minimum atomic E-state index is 0.137. The van der Waals surface area contributed by atoms with Crippen molar-refractivity contribution in [3.63, 3.8) is 0 Å². The summed E-state index contributed by atoms with van der Waals surface area (Å²) in [5.41, 5.74) is 5.72. The maximum absolute atomic E-state index is 12.0. The Labute approximate surface area is 92.0 Å². The normalized spacial score (nSPS) is 32.1. The zero-order valence-corrected chi connectivity index (χ0v) is 9.61. The summed E-state index contributed by atoms with van der Waals surface area (Å²) in [7, 11) is 1.96. The van der Waals surface area contributed by atoms with Crippen LogP contribution in [0.15, 0.2) is 0 Å². The van der Waals surface area contributed by atoms with Gasteiger partial charge >= 0.3 is 0 Å². The monoisotopic (exact) mass is 210 g/mol. The Morgan fingerprint density at radius 3 is 2.20 bits per heavy atom. The molecule has 3 nitrogen and oxygen atoms in total. The third-order valence-corrected chi connectivity index (χ3v) is 3.88. The van der Waals surface area contributed by atoms with Gasteiger partial charge in [0.2, 0.25) is 5.91 Å². The summed E-state index contributed by atoms with van der Waals surface area (Å²) in [6.07, 6.45) is 8.49. The molecule has 0 aromatic heterocycles. The Kier molecular flexibility index (Phi) is 3.29. The molecule has 2 aliphatic carbocycles. The van der Waals surface area contributed by atoms with Crippen LogP contribution in [0.2, 0.25) is 0 Å². The number of carbonyl (C=O) groups is 1. The molecule has 0 bridgehead atoms. The van der Waals surface area contributed by atoms with Crippen LogP contribution in [-0.4, -0.2) is 29.9 Å². The van der Waals surface area contributed by atoms with E-state index in [9.17, 15) is 4.79 Å². The van der Waals surface area contributed by atoms with Gasteiger partial charge in [-0.05, 0) is 19.3 Å². The maximum atomic E-state index is 12.0. The van der Waals surface area contributed by atoms with Crippen molar-refractivity contribution in [1.29, 1.82) is 0 Å². The van der Waals surface area contributed by atoms with Crippen LogP contribution >= 0.6 is 0 Å². The van der Waals surface area contributed by atoms with Gasteiger partial charge < -0.3 is 10.6 Å². The average molecular weight is 210 g/mol. The van der Waals surface area contributed by atoms with Crippen LogP contribution in [0.25, 0.3) is 0 Å². The number of carbonyl (C=O) groups excluding carboxylic acids is 1. The van der Waals surface area contributed by atoms with E-state index in [1.165, 1.54) is 38.5 Å². The number of nitrogens with zero attached hydrogens (tertiary/aromatic N) is 1. The fraction of sp³-hybridized carbons (Fsp3) is 0.917. The fourth-order valence-corrected chi connectivity index (χ4v) is 2.59. The fourth-order valence-electron chi connectivity index (χ4n) is 2.59. The molecule has 2 atom stereocenters. The first-order valence-electron chi connectivity index (χ1n) is 6.22. The SMILES string of the molecule is CN(C(=O)C1CC1N)C1CCCCCC1. The quantitative estimate of drug-likeness (QED) is 0.702. The van der Waals surface area contributed by atoms with Crippen LogP contribution in [-0.2, 0) is 4.79 Å². The minimum absolute atomic E-state index is 0.137. The summed E-state index contributed by atoms with van der Waals surface area (Å²) < 4.78 is 0. The third kappa shape index (κ3) is 2.51. The number of amides is 1. The van der Waals surface area contributed by atoms with Gasteiger partial charge in [0.05, 0.1) is 5.92 Å². The van der Waals surface area contributed by atoms with Crippen LogP contribution in [0.5, 0.6) is 0 Å². The van der Waals surface area contributed by atoms with Crippen LogP contribution in [0.1, 0.15) is 44.9 Å². The Morgan fingerprint density at radius 1 is 1.20 bits per heavy atom. The zero-order chi connectivity index (χ0) is 10.8. The highest BCUT2D eigenvalue weighted by Crippen LogP contribution is 2.31. The average Bonchev–Trinajstić information content (AvgIpc) is 2.98. The molecule has 0 aromatic carbocycles. The van der Waals surface area contributed by atoms with Gasteiger partial charge in [-0.2, -0.15) is 0 Å². The molecule has 2 fully saturated rings. The van der Waals surface area contributed by atoms with E-state index in [1.54, 1.807) is 0 Å². The van der Waals surface area contributed by atoms with E-state index < -0.39 is 0 Å². The second kappa shape index (κ2) is 4.52. The van der Waals surface area contributed by atoms with Gasteiger partial charge in [0.1, 0.15) is 0 Å². The first-order valence-corrected chi connectivity index (χ1v) is 6.22. The van der Waals surface area contributed by atoms with Gasteiger partial charge in [-0.25, -0.2) is 0 Å². The molecule has 2 N–H and O–H groups in total. The summed E-state index contributed by atoms with van der Waals surface area (Å²) >= 11 is 0. The first-order chi connectivity index (χ1) is 7.20. The number of rotatable bonds is 2. The molecule has 3 heteroatoms. The van der Waals surface area contributed by atoms with E-state index in [0.717, 1.165) is 6.42 Å². The second-order valence-electron chi connectivity index (χ2n) is 5.10. The minimum Gasteiger partial charge on any atom is -0.342 e. The highest BCUT2D eigenvalue weighted by molar-refractivity contribution is 5.82. The van der Waals surface area contributed by atoms with E-state index in [-0.39, 0.29) is 17.9 Å². The lowest BCUT2D eigenvalue weighted by atomic mass is 10.1. The van der Waals surface area contributed by atoms with E-state index in [0.29, 0.717) is 6.04 Å². The van der Waals surface area contributed by atoms with Crippen molar-refractivity contribution >= 4 is 5.91 Å². The summed E-state index contributed by atoms with van der Waals surface area (Å²) in [5, 5.41) is 0. The van der Waals surface area contributed by atoms with Crippen molar-refractivity contribution in [3.05, 3.63) is 0 Å². The van der Waals surface area contributed by atoms with Gasteiger partial charge in [0.25, 0.3) is 0 Å². The first kappa shape index (κ1) is 10.9. The molecule has 86 valence electrons. The molecule has 0 saturated heterocycles. The topological polar surface area (TPSA) is 46.3 Å². The van der Waals surface area contributed by atoms with Gasteiger partial charge in [-0.1, -0.05) is 25.7 Å². The second-order valence-corrected chi connectivity index (χ2v) is 5.10. The molecule has 0 aromatic rings. The Hall–Kier alpha value is -0.570. The van der Waals surface area contributed by atoms with Gasteiger partial charge in [0.15, 0.2) is 0 Å². The molecule has 0 radical (unpaired) electrons. The molecular weight excluding hydrogens is 188 g/mol. The largest absolute Gasteiger partial charge is 0.342 e. The Balaban J connectivity index is 1.87. The molecule has 2 unspecified atom stereocenters. The lowest BCUT2D eigenvalue weighted by molar-refractivity contribution is -0.133. The van der Waals surface area contributed by atoms with Crippen molar-refractivity contribution < 1.29 is 4.79 Å². The van der Waals surface area contributed by atoms with Gasteiger partial charge in [-0.15, -0.1) is 0 Å². The van der Waals surface area contributed by atoms with Crippen molar-refractivity contribution in [3.8, 4) is 0 Å². The molecule has 0 aliphatic heterocycles. The Bertz CT molecular complexity index is 234. The third-order valence-electron chi connectivity index (χ3n) is 3.88. The van der Waals surface area contributed by atoms with Gasteiger partial charge in [0, 0.05) is 19.1 Å². The molecule has 0 spiro atoms. The smallest absolute Gasteiger partial charge is 0.227 e. The van der Waals surface area contributed by atoms with Crippen LogP contribution in [0, 0.1) is 5.92 Å². The predicted molar refractivity (Wildman–Crippen MR) is 60.3 cm³/mol. The van der Waals surface area contributed by atoms with Crippen LogP contribution in [0.4, 0.5) is 0 Å². The Morgan fingerprint density at radius 2 is 1.73 bits per heavy atom. The maximum Gasteiger partial charge on any atom is 0.227 e. The number of nitrogens with two attached hydrogens (primary N) is 1. The molecular formula is C12H22N2O. The number of hydrogen-bond donors (Lipinski definition) is 1. The van der Waals surface area contributed by atoms with Crippen LogP contribution in [0.3, 0.4) is 0 Å². The molecule has 2 saturated carbocycles. The summed E-state index contributed by atoms with van der Waals surface area (Å²) in [6.45, 7) is 0. The highest BCUT2D eigenvalue weighted by Gasteiger charge is 2.42. The summed E-state index contributed by atoms with van der Waals surface area (Å²) in [6, 6.07) is 0.624. The van der Waals surface area contributed by atoms with E-state index in [1.807, 2.05) is 11.9 Å². The predicted octanol–water partition coefficient (Wildman–Crippen LogP) is 1.51.